The molecular weight excluding hydrogens is 1080 g/mol. The molecule has 0 bridgehead atoms. The van der Waals surface area contributed by atoms with Gasteiger partial charge < -0.3 is 79.5 Å². The van der Waals surface area contributed by atoms with E-state index in [4.69, 9.17) is 52.0 Å². The van der Waals surface area contributed by atoms with Gasteiger partial charge in [0, 0.05) is 13.8 Å². The molecule has 40 heteroatoms. The van der Waals surface area contributed by atoms with Crippen molar-refractivity contribution in [1.29, 1.82) is 0 Å². The van der Waals surface area contributed by atoms with Gasteiger partial charge in [0.15, 0.2) is 55.7 Å². The van der Waals surface area contributed by atoms with E-state index < -0.39 is 186 Å². The van der Waals surface area contributed by atoms with Gasteiger partial charge in [0.1, 0.15) is 79.3 Å². The lowest BCUT2D eigenvalue weighted by molar-refractivity contribution is -0.435. The van der Waals surface area contributed by atoms with Crippen molar-refractivity contribution in [3.05, 3.63) is 0 Å². The summed E-state index contributed by atoms with van der Waals surface area (Å²) < 4.78 is 134. The fraction of sp³-hybridized carbons (Fsp3) is 0.875. The summed E-state index contributed by atoms with van der Waals surface area (Å²) >= 11 is -0.424. The summed E-state index contributed by atoms with van der Waals surface area (Å²) in [7, 11) is -10.6. The van der Waals surface area contributed by atoms with Crippen molar-refractivity contribution >= 4 is 69.2 Å². The molecule has 72 heavy (non-hydrogen) atoms. The minimum Gasteiger partial charge on any atom is -0.479 e. The van der Waals surface area contributed by atoms with E-state index in [9.17, 15) is 80.9 Å². The van der Waals surface area contributed by atoms with Gasteiger partial charge in [-0.2, -0.15) is 16.8 Å². The number of carbonyl (C=O) groups is 4. The fourth-order valence-electron chi connectivity index (χ4n) is 7.69. The maximum Gasteiger partial charge on any atom is 0.397 e. The zero-order valence-corrected chi connectivity index (χ0v) is 40.7. The van der Waals surface area contributed by atoms with Crippen LogP contribution in [0.2, 0.25) is 0 Å². The number of ether oxygens (including phenoxy) is 7. The summed E-state index contributed by atoms with van der Waals surface area (Å²) in [5.74, 6) is -5.75. The number of rotatable bonds is 24. The standard InChI is InChI=1S/C32H52N2O34S4/c1-8(35)33-12-21(19(63-69-67-65-46)10(6-54-71(48,49)50)56-26(12)32(3,4)5)58-31-18(41)16(39)23(25(62-31)28(44)45)60-29-13(34-9(2)36)22(59-30-17(40)14(37)15(38)24(61-30)27(42)43)20(64-70-68-66-47)11(57-29)7-55-72(51,52)53/h10-26,29-31,37-41,46-47H,6-7H2,1-5H3,(H,33,35)(H,34,36)(H,42,43)(H,44,45)(H,48,49,50)(H,51,52,53). The number of hydrogen-bond acceptors (Lipinski definition) is 32. The van der Waals surface area contributed by atoms with Gasteiger partial charge in [-0.05, 0) is 5.41 Å². The smallest absolute Gasteiger partial charge is 0.397 e. The van der Waals surface area contributed by atoms with E-state index in [1.807, 2.05) is 0 Å². The van der Waals surface area contributed by atoms with Crippen molar-refractivity contribution in [2.24, 2.45) is 5.41 Å². The monoisotopic (exact) mass is 1140 g/mol. The van der Waals surface area contributed by atoms with E-state index in [-0.39, 0.29) is 24.6 Å². The molecule has 0 aliphatic carbocycles. The second kappa shape index (κ2) is 26.5. The van der Waals surface area contributed by atoms with Crippen molar-refractivity contribution < 1.29 is 160 Å². The van der Waals surface area contributed by atoms with Crippen LogP contribution in [0.4, 0.5) is 0 Å². The van der Waals surface area contributed by atoms with Crippen molar-refractivity contribution in [2.45, 2.75) is 157 Å². The minimum atomic E-state index is -5.41. The predicted octanol–water partition coefficient (Wildman–Crippen LogP) is -5.51. The van der Waals surface area contributed by atoms with E-state index in [0.717, 1.165) is 13.8 Å². The molecule has 0 spiro atoms. The van der Waals surface area contributed by atoms with Gasteiger partial charge in [0.2, 0.25) is 11.8 Å². The van der Waals surface area contributed by atoms with Crippen molar-refractivity contribution in [3.8, 4) is 0 Å². The van der Waals surface area contributed by atoms with E-state index >= 15 is 0 Å². The summed E-state index contributed by atoms with van der Waals surface area (Å²) in [5.41, 5.74) is -1.05. The lowest BCUT2D eigenvalue weighted by Gasteiger charge is -2.52. The van der Waals surface area contributed by atoms with Crippen molar-refractivity contribution in [3.63, 3.8) is 0 Å². The first-order valence-corrected chi connectivity index (χ1v) is 24.3. The molecule has 4 heterocycles. The molecule has 0 radical (unpaired) electrons. The molecule has 0 aromatic rings. The number of nitrogens with one attached hydrogen (secondary N) is 2. The normalized spacial score (nSPS) is 37.9. The molecule has 4 rings (SSSR count). The van der Waals surface area contributed by atoms with Crippen LogP contribution in [-0.4, -0.2) is 232 Å². The highest BCUT2D eigenvalue weighted by molar-refractivity contribution is 7.90. The van der Waals surface area contributed by atoms with Gasteiger partial charge in [0.25, 0.3) is 0 Å². The molecule has 36 nitrogen and oxygen atoms in total. The van der Waals surface area contributed by atoms with Crippen LogP contribution in [0.1, 0.15) is 34.6 Å². The third kappa shape index (κ3) is 16.8. The highest BCUT2D eigenvalue weighted by Gasteiger charge is 2.59. The number of hydrogen-bond donors (Lipinski definition) is 13. The molecule has 13 N–H and O–H groups in total. The third-order valence-corrected chi connectivity index (χ3v) is 12.3. The molecule has 0 aromatic carbocycles. The van der Waals surface area contributed by atoms with Gasteiger partial charge in [-0.25, -0.2) is 28.5 Å². The second-order valence-corrected chi connectivity index (χ2v) is 19.8. The van der Waals surface area contributed by atoms with Crippen LogP contribution < -0.4 is 10.6 Å². The number of carboxylic acids is 2. The SMILES string of the molecule is CC(=O)NC1C(OC2C(C(=O)O)OC(OC3C(NC(C)=O)C(C(C)(C)C)OC(COS(=O)(=O)O)C3OSOOO)C(O)C2O)OC(COS(=O)(=O)O)C(OSOOO)C1OC1OC(C(=O)O)C(O)C(O)C1O. The Kier molecular flexibility index (Phi) is 22.9. The van der Waals surface area contributed by atoms with E-state index in [1.54, 1.807) is 20.8 Å². The summed E-state index contributed by atoms with van der Waals surface area (Å²) in [4.78, 5) is 50.4. The Bertz CT molecular complexity index is 2040. The second-order valence-electron chi connectivity index (χ2n) is 16.7. The Labute approximate surface area is 414 Å². The van der Waals surface area contributed by atoms with Crippen LogP contribution in [0.3, 0.4) is 0 Å². The van der Waals surface area contributed by atoms with Crippen LogP contribution >= 0.6 is 24.6 Å². The quantitative estimate of drug-likeness (QED) is 0.0141. The highest BCUT2D eigenvalue weighted by Crippen LogP contribution is 2.40. The largest absolute Gasteiger partial charge is 0.479 e. The van der Waals surface area contributed by atoms with Crippen LogP contribution in [0.5, 0.6) is 0 Å². The summed E-state index contributed by atoms with van der Waals surface area (Å²) in [6, 6.07) is -3.54. The molecule has 20 unspecified atom stereocenters. The average Bonchev–Trinajstić information content (AvgIpc) is 3.26. The number of carbonyl (C=O) groups excluding carboxylic acids is 2. The molecule has 2 amide bonds. The Balaban J connectivity index is 1.81. The first kappa shape index (κ1) is 62.1. The molecule has 4 saturated heterocycles. The number of amides is 2. The Morgan fingerprint density at radius 3 is 1.40 bits per heavy atom. The molecular formula is C32H52N2O34S4. The van der Waals surface area contributed by atoms with Gasteiger partial charge in [0.05, 0.1) is 25.4 Å². The van der Waals surface area contributed by atoms with Crippen molar-refractivity contribution in [2.75, 3.05) is 13.2 Å². The third-order valence-electron chi connectivity index (χ3n) is 10.6. The number of aliphatic carboxylic acids is 2. The minimum absolute atomic E-state index is 0.149. The predicted molar refractivity (Wildman–Crippen MR) is 219 cm³/mol. The maximum absolute atomic E-state index is 13.0. The van der Waals surface area contributed by atoms with Crippen LogP contribution in [-0.2, 0) is 109 Å². The van der Waals surface area contributed by atoms with Crippen molar-refractivity contribution in [1.82, 2.24) is 10.6 Å². The van der Waals surface area contributed by atoms with E-state index in [2.05, 4.69) is 37.7 Å². The summed E-state index contributed by atoms with van der Waals surface area (Å²) in [6.07, 6.45) is -39.4. The number of carboxylic acid groups (broad SMARTS) is 2. The number of aliphatic hydroxyl groups excluding tert-OH is 5. The zero-order chi connectivity index (χ0) is 54.2. The topological polar surface area (TPSA) is 522 Å². The summed E-state index contributed by atoms with van der Waals surface area (Å²) in [6.45, 7) is 4.19. The van der Waals surface area contributed by atoms with Gasteiger partial charge in [-0.3, -0.25) is 27.1 Å². The number of aliphatic hydroxyl groups is 5. The van der Waals surface area contributed by atoms with Crippen LogP contribution in [0.15, 0.2) is 0 Å². The van der Waals surface area contributed by atoms with E-state index in [0.29, 0.717) is 0 Å². The summed E-state index contributed by atoms with van der Waals surface area (Å²) in [5, 5.41) is 104. The molecule has 0 aromatic heterocycles. The zero-order valence-electron chi connectivity index (χ0n) is 37.4. The molecule has 20 atom stereocenters. The molecule has 4 fully saturated rings. The first-order valence-electron chi connectivity index (χ1n) is 20.2. The lowest BCUT2D eigenvalue weighted by Crippen LogP contribution is -2.71. The van der Waals surface area contributed by atoms with E-state index in [1.165, 1.54) is 0 Å². The van der Waals surface area contributed by atoms with Crippen LogP contribution in [0, 0.1) is 5.41 Å². The molecule has 4 aliphatic rings. The Hall–Kier alpha value is -2.48. The maximum atomic E-state index is 13.0. The molecule has 0 saturated carbocycles. The van der Waals surface area contributed by atoms with Gasteiger partial charge >= 0.3 is 32.7 Å². The highest BCUT2D eigenvalue weighted by atomic mass is 32.3. The Morgan fingerprint density at radius 2 is 0.972 bits per heavy atom. The Morgan fingerprint density at radius 1 is 0.556 bits per heavy atom. The molecule has 4 aliphatic heterocycles. The van der Waals surface area contributed by atoms with Crippen LogP contribution in [0.25, 0.3) is 0 Å². The van der Waals surface area contributed by atoms with Gasteiger partial charge in [-0.15, -0.1) is 8.67 Å². The first-order chi connectivity index (χ1) is 33.4. The van der Waals surface area contributed by atoms with Gasteiger partial charge in [-0.1, -0.05) is 30.8 Å². The lowest BCUT2D eigenvalue weighted by atomic mass is 9.78. The average molecular weight is 1140 g/mol. The fourth-order valence-corrected chi connectivity index (χ4v) is 9.06. The molecule has 418 valence electrons.